The van der Waals surface area contributed by atoms with Gasteiger partial charge in [0.25, 0.3) is 0 Å². The largest absolute Gasteiger partial charge is 0.491 e. The van der Waals surface area contributed by atoms with E-state index in [4.69, 9.17) is 9.84 Å². The average Bonchev–Trinajstić information content (AvgIpc) is 2.91. The first-order chi connectivity index (χ1) is 11.7. The molecular formula is C22H20O2. The number of hydrogen-bond acceptors (Lipinski definition) is 2. The zero-order valence-corrected chi connectivity index (χ0v) is 13.7. The SMILES string of the molecule is CC1(c2ccc(OCCO)cc2)c2ccccc2-c2ccccc21. The highest BCUT2D eigenvalue weighted by Gasteiger charge is 2.40. The molecule has 3 aromatic carbocycles. The van der Waals surface area contributed by atoms with Crippen LogP contribution in [-0.2, 0) is 5.41 Å². The summed E-state index contributed by atoms with van der Waals surface area (Å²) in [5.74, 6) is 0.788. The summed E-state index contributed by atoms with van der Waals surface area (Å²) in [5.41, 5.74) is 6.40. The van der Waals surface area contributed by atoms with Gasteiger partial charge in [0.15, 0.2) is 0 Å². The van der Waals surface area contributed by atoms with Crippen molar-refractivity contribution in [3.8, 4) is 16.9 Å². The molecule has 4 rings (SSSR count). The molecule has 0 saturated carbocycles. The van der Waals surface area contributed by atoms with Crippen LogP contribution in [0.15, 0.2) is 72.8 Å². The van der Waals surface area contributed by atoms with Gasteiger partial charge in [-0.2, -0.15) is 0 Å². The first-order valence-electron chi connectivity index (χ1n) is 8.29. The van der Waals surface area contributed by atoms with Crippen LogP contribution in [0.1, 0.15) is 23.6 Å². The van der Waals surface area contributed by atoms with E-state index in [9.17, 15) is 0 Å². The van der Waals surface area contributed by atoms with Gasteiger partial charge < -0.3 is 9.84 Å². The molecule has 0 bridgehead atoms. The third-order valence-corrected chi connectivity index (χ3v) is 5.01. The molecule has 24 heavy (non-hydrogen) atoms. The molecule has 1 aliphatic rings. The molecule has 0 saturated heterocycles. The van der Waals surface area contributed by atoms with Gasteiger partial charge in [0, 0.05) is 5.41 Å². The number of rotatable bonds is 4. The third-order valence-electron chi connectivity index (χ3n) is 5.01. The van der Waals surface area contributed by atoms with Gasteiger partial charge in [-0.3, -0.25) is 0 Å². The van der Waals surface area contributed by atoms with Crippen LogP contribution in [0.25, 0.3) is 11.1 Å². The molecule has 0 aromatic heterocycles. The van der Waals surface area contributed by atoms with Crippen molar-refractivity contribution in [1.29, 1.82) is 0 Å². The van der Waals surface area contributed by atoms with Crippen molar-refractivity contribution >= 4 is 0 Å². The summed E-state index contributed by atoms with van der Waals surface area (Å²) in [6.07, 6.45) is 0. The second-order valence-corrected chi connectivity index (χ2v) is 6.31. The Labute approximate surface area is 142 Å². The van der Waals surface area contributed by atoms with Crippen molar-refractivity contribution in [2.45, 2.75) is 12.3 Å². The summed E-state index contributed by atoms with van der Waals surface area (Å²) in [4.78, 5) is 0. The molecule has 0 fully saturated rings. The number of aliphatic hydroxyl groups is 1. The highest BCUT2D eigenvalue weighted by atomic mass is 16.5. The van der Waals surface area contributed by atoms with E-state index in [1.54, 1.807) is 0 Å². The molecule has 3 aromatic rings. The van der Waals surface area contributed by atoms with E-state index < -0.39 is 0 Å². The number of benzene rings is 3. The Balaban J connectivity index is 1.84. The van der Waals surface area contributed by atoms with E-state index >= 15 is 0 Å². The summed E-state index contributed by atoms with van der Waals surface area (Å²) in [5, 5.41) is 8.89. The van der Waals surface area contributed by atoms with Crippen LogP contribution in [0, 0.1) is 0 Å². The molecule has 0 radical (unpaired) electrons. The van der Waals surface area contributed by atoms with Gasteiger partial charge in [0.1, 0.15) is 12.4 Å². The first kappa shape index (κ1) is 15.0. The van der Waals surface area contributed by atoms with Gasteiger partial charge in [-0.05, 0) is 46.9 Å². The van der Waals surface area contributed by atoms with E-state index in [1.807, 2.05) is 12.1 Å². The Morgan fingerprint density at radius 2 is 1.33 bits per heavy atom. The van der Waals surface area contributed by atoms with Crippen molar-refractivity contribution in [3.05, 3.63) is 89.5 Å². The maximum Gasteiger partial charge on any atom is 0.119 e. The second-order valence-electron chi connectivity index (χ2n) is 6.31. The molecule has 0 atom stereocenters. The van der Waals surface area contributed by atoms with E-state index in [-0.39, 0.29) is 12.0 Å². The quantitative estimate of drug-likeness (QED) is 0.773. The first-order valence-corrected chi connectivity index (χ1v) is 8.29. The van der Waals surface area contributed by atoms with Gasteiger partial charge in [0.2, 0.25) is 0 Å². The van der Waals surface area contributed by atoms with Crippen LogP contribution in [0.2, 0.25) is 0 Å². The topological polar surface area (TPSA) is 29.5 Å². The summed E-state index contributed by atoms with van der Waals surface area (Å²) in [6, 6.07) is 25.5. The van der Waals surface area contributed by atoms with Gasteiger partial charge >= 0.3 is 0 Å². The molecule has 0 unspecified atom stereocenters. The molecule has 0 amide bonds. The highest BCUT2D eigenvalue weighted by molar-refractivity contribution is 5.83. The lowest BCUT2D eigenvalue weighted by Gasteiger charge is -2.28. The number of aliphatic hydroxyl groups excluding tert-OH is 1. The van der Waals surface area contributed by atoms with Gasteiger partial charge in [-0.1, -0.05) is 60.7 Å². The Morgan fingerprint density at radius 1 is 0.792 bits per heavy atom. The maximum atomic E-state index is 8.89. The fourth-order valence-electron chi connectivity index (χ4n) is 3.81. The average molecular weight is 316 g/mol. The fraction of sp³-hybridized carbons (Fsp3) is 0.182. The molecule has 0 aliphatic heterocycles. The van der Waals surface area contributed by atoms with E-state index in [1.165, 1.54) is 27.8 Å². The minimum atomic E-state index is -0.164. The monoisotopic (exact) mass is 316 g/mol. The maximum absolute atomic E-state index is 8.89. The fourth-order valence-corrected chi connectivity index (χ4v) is 3.81. The Hall–Kier alpha value is -2.58. The summed E-state index contributed by atoms with van der Waals surface area (Å²) < 4.78 is 5.49. The van der Waals surface area contributed by atoms with Crippen molar-refractivity contribution in [2.24, 2.45) is 0 Å². The molecule has 0 heterocycles. The normalized spacial score (nSPS) is 14.1. The van der Waals surface area contributed by atoms with E-state index in [0.29, 0.717) is 6.61 Å². The molecule has 120 valence electrons. The van der Waals surface area contributed by atoms with Crippen LogP contribution in [0.3, 0.4) is 0 Å². The number of ether oxygens (including phenoxy) is 1. The minimum Gasteiger partial charge on any atom is -0.491 e. The predicted octanol–water partition coefficient (Wildman–Crippen LogP) is 4.39. The zero-order chi connectivity index (χ0) is 16.6. The van der Waals surface area contributed by atoms with Crippen LogP contribution < -0.4 is 4.74 Å². The van der Waals surface area contributed by atoms with Crippen molar-refractivity contribution in [1.82, 2.24) is 0 Å². The van der Waals surface area contributed by atoms with Crippen LogP contribution >= 0.6 is 0 Å². The van der Waals surface area contributed by atoms with Crippen LogP contribution in [0.4, 0.5) is 0 Å². The lowest BCUT2D eigenvalue weighted by molar-refractivity contribution is 0.201. The smallest absolute Gasteiger partial charge is 0.119 e. The third kappa shape index (κ3) is 2.15. The standard InChI is InChI=1S/C22H20O2/c1-22(16-10-12-17(13-11-16)24-15-14-23)20-8-4-2-6-18(20)19-7-3-5-9-21(19)22/h2-13,23H,14-15H2,1H3. The Morgan fingerprint density at radius 3 is 1.88 bits per heavy atom. The van der Waals surface area contributed by atoms with Crippen molar-refractivity contribution in [3.63, 3.8) is 0 Å². The zero-order valence-electron chi connectivity index (χ0n) is 13.7. The molecule has 2 heteroatoms. The molecule has 1 N–H and O–H groups in total. The Bertz CT molecular complexity index is 820. The highest BCUT2D eigenvalue weighted by Crippen LogP contribution is 2.52. The van der Waals surface area contributed by atoms with Gasteiger partial charge in [-0.15, -0.1) is 0 Å². The summed E-state index contributed by atoms with van der Waals surface area (Å²) in [6.45, 7) is 2.64. The molecule has 2 nitrogen and oxygen atoms in total. The lowest BCUT2D eigenvalue weighted by Crippen LogP contribution is -2.22. The molecule has 0 spiro atoms. The van der Waals surface area contributed by atoms with Crippen molar-refractivity contribution < 1.29 is 9.84 Å². The van der Waals surface area contributed by atoms with Crippen LogP contribution in [-0.4, -0.2) is 18.3 Å². The van der Waals surface area contributed by atoms with E-state index in [0.717, 1.165) is 5.75 Å². The Kier molecular flexibility index (Phi) is 3.62. The second kappa shape index (κ2) is 5.81. The predicted molar refractivity (Wildman–Crippen MR) is 96.5 cm³/mol. The van der Waals surface area contributed by atoms with Crippen molar-refractivity contribution in [2.75, 3.05) is 13.2 Å². The van der Waals surface area contributed by atoms with Crippen LogP contribution in [0.5, 0.6) is 5.75 Å². The molecular weight excluding hydrogens is 296 g/mol. The van der Waals surface area contributed by atoms with E-state index in [2.05, 4.69) is 67.6 Å². The summed E-state index contributed by atoms with van der Waals surface area (Å²) in [7, 11) is 0. The lowest BCUT2D eigenvalue weighted by atomic mass is 9.74. The minimum absolute atomic E-state index is 0.0280. The van der Waals surface area contributed by atoms with Gasteiger partial charge in [-0.25, -0.2) is 0 Å². The summed E-state index contributed by atoms with van der Waals surface area (Å²) >= 11 is 0. The molecule has 1 aliphatic carbocycles. The van der Waals surface area contributed by atoms with Gasteiger partial charge in [0.05, 0.1) is 6.61 Å². The number of hydrogen-bond donors (Lipinski definition) is 1. The number of fused-ring (bicyclic) bond motifs is 3.